The van der Waals surface area contributed by atoms with Crippen LogP contribution in [0.15, 0.2) is 53.4 Å². The van der Waals surface area contributed by atoms with Gasteiger partial charge in [0, 0.05) is 17.1 Å². The van der Waals surface area contributed by atoms with Crippen LogP contribution in [0.5, 0.6) is 11.5 Å². The minimum absolute atomic E-state index is 0. The molecule has 0 spiro atoms. The SMILES string of the molecule is CC1CC(NS(=O)(=O)c2ccc(Oc3cccc(Cl)c3)cc2)CCN1.Cl. The Morgan fingerprint density at radius 1 is 1.15 bits per heavy atom. The zero-order chi connectivity index (χ0) is 17.9. The van der Waals surface area contributed by atoms with Gasteiger partial charge in [-0.3, -0.25) is 0 Å². The molecule has 142 valence electrons. The summed E-state index contributed by atoms with van der Waals surface area (Å²) in [7, 11) is -3.53. The van der Waals surface area contributed by atoms with E-state index in [1.165, 1.54) is 0 Å². The van der Waals surface area contributed by atoms with E-state index in [4.69, 9.17) is 16.3 Å². The number of piperidine rings is 1. The second-order valence-electron chi connectivity index (χ2n) is 6.23. The van der Waals surface area contributed by atoms with Gasteiger partial charge in [0.1, 0.15) is 11.5 Å². The van der Waals surface area contributed by atoms with Crippen molar-refractivity contribution in [3.63, 3.8) is 0 Å². The van der Waals surface area contributed by atoms with Crippen molar-refractivity contribution in [1.82, 2.24) is 10.0 Å². The van der Waals surface area contributed by atoms with E-state index in [0.29, 0.717) is 22.6 Å². The molecule has 0 saturated carbocycles. The first-order chi connectivity index (χ1) is 11.9. The lowest BCUT2D eigenvalue weighted by Gasteiger charge is -2.28. The van der Waals surface area contributed by atoms with Crippen LogP contribution < -0.4 is 14.8 Å². The summed E-state index contributed by atoms with van der Waals surface area (Å²) in [6, 6.07) is 13.7. The molecule has 0 bridgehead atoms. The Morgan fingerprint density at radius 2 is 1.88 bits per heavy atom. The molecule has 0 aliphatic carbocycles. The molecule has 2 unspecified atom stereocenters. The molecular weight excluding hydrogens is 395 g/mol. The minimum atomic E-state index is -3.53. The van der Waals surface area contributed by atoms with Crippen LogP contribution in [0.25, 0.3) is 0 Å². The lowest BCUT2D eigenvalue weighted by Crippen LogP contribution is -2.46. The first-order valence-electron chi connectivity index (χ1n) is 8.21. The zero-order valence-corrected chi connectivity index (χ0v) is 16.7. The highest BCUT2D eigenvalue weighted by Gasteiger charge is 2.24. The van der Waals surface area contributed by atoms with Crippen molar-refractivity contribution in [2.45, 2.75) is 36.7 Å². The van der Waals surface area contributed by atoms with Crippen molar-refractivity contribution in [2.75, 3.05) is 6.54 Å². The third-order valence-electron chi connectivity index (χ3n) is 4.11. The number of halogens is 2. The predicted octanol–water partition coefficient (Wildman–Crippen LogP) is 3.97. The predicted molar refractivity (Wildman–Crippen MR) is 106 cm³/mol. The van der Waals surface area contributed by atoms with Crippen LogP contribution in [0.4, 0.5) is 0 Å². The van der Waals surface area contributed by atoms with Crippen LogP contribution in [0, 0.1) is 0 Å². The van der Waals surface area contributed by atoms with Crippen molar-refractivity contribution in [1.29, 1.82) is 0 Å². The molecule has 26 heavy (non-hydrogen) atoms. The molecular formula is C18H22Cl2N2O3S. The third kappa shape index (κ3) is 5.59. The number of ether oxygens (including phenoxy) is 1. The summed E-state index contributed by atoms with van der Waals surface area (Å²) in [5.74, 6) is 1.15. The van der Waals surface area contributed by atoms with Crippen molar-refractivity contribution in [3.8, 4) is 11.5 Å². The number of sulfonamides is 1. The maximum absolute atomic E-state index is 12.5. The lowest BCUT2D eigenvalue weighted by molar-refractivity contribution is 0.361. The van der Waals surface area contributed by atoms with E-state index in [0.717, 1.165) is 19.4 Å². The number of nitrogens with one attached hydrogen (secondary N) is 2. The Balaban J connectivity index is 0.00000243. The van der Waals surface area contributed by atoms with Gasteiger partial charge in [-0.05, 0) is 68.8 Å². The monoisotopic (exact) mass is 416 g/mol. The molecule has 2 aromatic carbocycles. The molecule has 1 aliphatic rings. The molecule has 1 fully saturated rings. The minimum Gasteiger partial charge on any atom is -0.457 e. The van der Waals surface area contributed by atoms with Gasteiger partial charge in [0.25, 0.3) is 0 Å². The van der Waals surface area contributed by atoms with Gasteiger partial charge in [-0.25, -0.2) is 13.1 Å². The first kappa shape index (κ1) is 21.0. The number of benzene rings is 2. The Bertz CT molecular complexity index is 829. The molecule has 2 aromatic rings. The number of hydrogen-bond donors (Lipinski definition) is 2. The van der Waals surface area contributed by atoms with Crippen molar-refractivity contribution < 1.29 is 13.2 Å². The molecule has 5 nitrogen and oxygen atoms in total. The quantitative estimate of drug-likeness (QED) is 0.773. The third-order valence-corrected chi connectivity index (χ3v) is 5.88. The van der Waals surface area contributed by atoms with Crippen LogP contribution in [0.1, 0.15) is 19.8 Å². The summed E-state index contributed by atoms with van der Waals surface area (Å²) in [6.07, 6.45) is 1.58. The van der Waals surface area contributed by atoms with Crippen LogP contribution in [-0.4, -0.2) is 27.0 Å². The molecule has 3 rings (SSSR count). The molecule has 0 radical (unpaired) electrons. The summed E-state index contributed by atoms with van der Waals surface area (Å²) in [5, 5.41) is 3.89. The molecule has 1 heterocycles. The highest BCUT2D eigenvalue weighted by Crippen LogP contribution is 2.25. The fourth-order valence-corrected chi connectivity index (χ4v) is 4.34. The largest absolute Gasteiger partial charge is 0.457 e. The highest BCUT2D eigenvalue weighted by molar-refractivity contribution is 7.89. The van der Waals surface area contributed by atoms with E-state index in [-0.39, 0.29) is 23.3 Å². The zero-order valence-electron chi connectivity index (χ0n) is 14.3. The smallest absolute Gasteiger partial charge is 0.240 e. The molecule has 1 aliphatic heterocycles. The van der Waals surface area contributed by atoms with Crippen molar-refractivity contribution in [2.24, 2.45) is 0 Å². The van der Waals surface area contributed by atoms with E-state index in [9.17, 15) is 8.42 Å². The maximum Gasteiger partial charge on any atom is 0.240 e. The van der Waals surface area contributed by atoms with Gasteiger partial charge in [0.2, 0.25) is 10.0 Å². The summed E-state index contributed by atoms with van der Waals surface area (Å²) in [4.78, 5) is 0.233. The van der Waals surface area contributed by atoms with E-state index < -0.39 is 10.0 Å². The van der Waals surface area contributed by atoms with Crippen LogP contribution in [-0.2, 0) is 10.0 Å². The Morgan fingerprint density at radius 3 is 2.54 bits per heavy atom. The first-order valence-corrected chi connectivity index (χ1v) is 10.1. The lowest BCUT2D eigenvalue weighted by atomic mass is 10.0. The van der Waals surface area contributed by atoms with E-state index in [1.54, 1.807) is 48.5 Å². The second-order valence-corrected chi connectivity index (χ2v) is 8.38. The van der Waals surface area contributed by atoms with Gasteiger partial charge in [0.05, 0.1) is 4.90 Å². The number of hydrogen-bond acceptors (Lipinski definition) is 4. The number of rotatable bonds is 5. The molecule has 2 N–H and O–H groups in total. The summed E-state index contributed by atoms with van der Waals surface area (Å²) in [6.45, 7) is 2.88. The summed E-state index contributed by atoms with van der Waals surface area (Å²) < 4.78 is 33.5. The Kier molecular flexibility index (Phi) is 7.32. The van der Waals surface area contributed by atoms with E-state index in [2.05, 4.69) is 17.0 Å². The van der Waals surface area contributed by atoms with Crippen LogP contribution in [0.2, 0.25) is 5.02 Å². The average Bonchev–Trinajstić information content (AvgIpc) is 2.55. The van der Waals surface area contributed by atoms with Gasteiger partial charge in [-0.15, -0.1) is 12.4 Å². The summed E-state index contributed by atoms with van der Waals surface area (Å²) >= 11 is 5.93. The second kappa shape index (κ2) is 9.06. The van der Waals surface area contributed by atoms with Crippen LogP contribution in [0.3, 0.4) is 0 Å². The molecule has 2 atom stereocenters. The van der Waals surface area contributed by atoms with Gasteiger partial charge >= 0.3 is 0 Å². The Labute approximate surface area is 165 Å². The molecule has 0 amide bonds. The average molecular weight is 417 g/mol. The van der Waals surface area contributed by atoms with E-state index >= 15 is 0 Å². The van der Waals surface area contributed by atoms with Crippen molar-refractivity contribution >= 4 is 34.0 Å². The van der Waals surface area contributed by atoms with Gasteiger partial charge < -0.3 is 10.1 Å². The van der Waals surface area contributed by atoms with Gasteiger partial charge in [-0.2, -0.15) is 0 Å². The Hall–Kier alpha value is -1.31. The maximum atomic E-state index is 12.5. The van der Waals surface area contributed by atoms with Crippen LogP contribution >= 0.6 is 24.0 Å². The highest BCUT2D eigenvalue weighted by atomic mass is 35.5. The molecule has 1 saturated heterocycles. The summed E-state index contributed by atoms with van der Waals surface area (Å²) in [5.41, 5.74) is 0. The fraction of sp³-hybridized carbons (Fsp3) is 0.333. The van der Waals surface area contributed by atoms with Gasteiger partial charge in [0.15, 0.2) is 0 Å². The molecule has 0 aromatic heterocycles. The van der Waals surface area contributed by atoms with E-state index in [1.807, 2.05) is 0 Å². The van der Waals surface area contributed by atoms with Gasteiger partial charge in [-0.1, -0.05) is 17.7 Å². The fourth-order valence-electron chi connectivity index (χ4n) is 2.88. The standard InChI is InChI=1S/C18H21ClN2O3S.ClH/c1-13-11-15(9-10-20-13)21-25(22,23)18-7-5-16(6-8-18)24-17-4-2-3-14(19)12-17;/h2-8,12-13,15,20-21H,9-11H2,1H3;1H. The topological polar surface area (TPSA) is 67.4 Å². The van der Waals surface area contributed by atoms with Crippen molar-refractivity contribution in [3.05, 3.63) is 53.6 Å². The normalized spacial score (nSPS) is 20.2. The molecule has 8 heteroatoms.